The van der Waals surface area contributed by atoms with Crippen LogP contribution < -0.4 is 10.2 Å². The number of carbonyl (C=O) groups excluding carboxylic acids is 1. The van der Waals surface area contributed by atoms with Crippen LogP contribution in [0.25, 0.3) is 12.2 Å². The molecule has 0 fully saturated rings. The molecule has 7 heteroatoms. The summed E-state index contributed by atoms with van der Waals surface area (Å²) < 4.78 is 5.30. The monoisotopic (exact) mass is 436 g/mol. The summed E-state index contributed by atoms with van der Waals surface area (Å²) in [6, 6.07) is 17.4. The minimum absolute atomic E-state index is 0.209. The molecule has 0 aliphatic carbocycles. The van der Waals surface area contributed by atoms with E-state index in [1.807, 2.05) is 87.3 Å². The van der Waals surface area contributed by atoms with E-state index in [4.69, 9.17) is 16.3 Å². The topological polar surface area (TPSA) is 67.4 Å². The Morgan fingerprint density at radius 3 is 2.42 bits per heavy atom. The van der Waals surface area contributed by atoms with Gasteiger partial charge in [-0.15, -0.1) is 0 Å². The Kier molecular flexibility index (Phi) is 6.92. The number of ether oxygens (including phenoxy) is 1. The maximum atomic E-state index is 12.0. The average molecular weight is 437 g/mol. The van der Waals surface area contributed by atoms with Gasteiger partial charge in [-0.2, -0.15) is 0 Å². The molecule has 0 radical (unpaired) electrons. The van der Waals surface area contributed by atoms with E-state index < -0.39 is 11.7 Å². The number of nitrogens with zero attached hydrogens (tertiary/aromatic N) is 3. The van der Waals surface area contributed by atoms with Gasteiger partial charge in [0, 0.05) is 24.6 Å². The summed E-state index contributed by atoms with van der Waals surface area (Å²) in [5.74, 6) is 0.710. The number of aromatic nitrogens is 2. The Morgan fingerprint density at radius 1 is 1.06 bits per heavy atom. The summed E-state index contributed by atoms with van der Waals surface area (Å²) in [6.45, 7) is 5.49. The fourth-order valence-corrected chi connectivity index (χ4v) is 2.96. The van der Waals surface area contributed by atoms with Gasteiger partial charge < -0.3 is 9.64 Å². The van der Waals surface area contributed by atoms with E-state index in [1.165, 1.54) is 0 Å². The lowest BCUT2D eigenvalue weighted by Crippen LogP contribution is -2.27. The van der Waals surface area contributed by atoms with Crippen molar-refractivity contribution in [2.45, 2.75) is 26.4 Å². The molecular weight excluding hydrogens is 412 g/mol. The predicted molar refractivity (Wildman–Crippen MR) is 127 cm³/mol. The van der Waals surface area contributed by atoms with Gasteiger partial charge in [-0.1, -0.05) is 36.4 Å². The molecule has 0 unspecified atom stereocenters. The molecule has 0 aliphatic rings. The minimum Gasteiger partial charge on any atom is -0.444 e. The van der Waals surface area contributed by atoms with Crippen LogP contribution in [0.1, 0.15) is 31.9 Å². The van der Waals surface area contributed by atoms with Crippen LogP contribution in [0.5, 0.6) is 0 Å². The molecule has 3 aromatic rings. The molecule has 0 saturated heterocycles. The number of amides is 1. The van der Waals surface area contributed by atoms with E-state index in [1.54, 1.807) is 12.3 Å². The number of anilines is 3. The van der Waals surface area contributed by atoms with Crippen LogP contribution in [-0.4, -0.2) is 28.7 Å². The molecule has 0 bridgehead atoms. The second-order valence-corrected chi connectivity index (χ2v) is 8.26. The smallest absolute Gasteiger partial charge is 0.412 e. The Bertz CT molecular complexity index is 1090. The normalized spacial score (nSPS) is 11.4. The molecular formula is C24H25ClN4O2. The highest BCUT2D eigenvalue weighted by molar-refractivity contribution is 6.28. The predicted octanol–water partition coefficient (Wildman–Crippen LogP) is 6.42. The van der Waals surface area contributed by atoms with Crippen molar-refractivity contribution in [2.75, 3.05) is 17.3 Å². The molecule has 1 amide bonds. The van der Waals surface area contributed by atoms with Gasteiger partial charge in [-0.25, -0.2) is 14.8 Å². The first-order chi connectivity index (χ1) is 14.7. The molecule has 3 rings (SSSR count). The largest absolute Gasteiger partial charge is 0.444 e. The lowest BCUT2D eigenvalue weighted by atomic mass is 10.1. The third-order valence-corrected chi connectivity index (χ3v) is 4.39. The third-order valence-electron chi connectivity index (χ3n) is 4.21. The van der Waals surface area contributed by atoms with Crippen LogP contribution in [0.2, 0.25) is 5.28 Å². The third kappa shape index (κ3) is 6.83. The van der Waals surface area contributed by atoms with Crippen molar-refractivity contribution in [1.29, 1.82) is 0 Å². The van der Waals surface area contributed by atoms with E-state index in [2.05, 4.69) is 21.4 Å². The van der Waals surface area contributed by atoms with Gasteiger partial charge in [0.05, 0.1) is 0 Å². The highest BCUT2D eigenvalue weighted by Crippen LogP contribution is 2.24. The number of carbonyl (C=O) groups is 1. The van der Waals surface area contributed by atoms with E-state index in [0.29, 0.717) is 11.5 Å². The summed E-state index contributed by atoms with van der Waals surface area (Å²) in [5, 5.41) is 2.97. The zero-order valence-electron chi connectivity index (χ0n) is 18.0. The molecule has 2 aromatic carbocycles. The van der Waals surface area contributed by atoms with Gasteiger partial charge in [0.15, 0.2) is 0 Å². The Balaban J connectivity index is 1.72. The molecule has 1 aromatic heterocycles. The maximum absolute atomic E-state index is 12.0. The summed E-state index contributed by atoms with van der Waals surface area (Å²) in [5.41, 5.74) is 3.07. The molecule has 0 aliphatic heterocycles. The molecule has 6 nitrogen and oxygen atoms in total. The van der Waals surface area contributed by atoms with E-state index in [0.717, 1.165) is 16.8 Å². The van der Waals surface area contributed by atoms with Crippen LogP contribution >= 0.6 is 11.6 Å². The number of hydrogen-bond acceptors (Lipinski definition) is 5. The van der Waals surface area contributed by atoms with Crippen molar-refractivity contribution >= 4 is 47.0 Å². The molecule has 0 saturated carbocycles. The van der Waals surface area contributed by atoms with Crippen LogP contribution in [0, 0.1) is 0 Å². The number of nitrogens with one attached hydrogen (secondary N) is 1. The molecule has 160 valence electrons. The van der Waals surface area contributed by atoms with Gasteiger partial charge in [-0.3, -0.25) is 5.32 Å². The summed E-state index contributed by atoms with van der Waals surface area (Å²) in [4.78, 5) is 22.1. The number of benzene rings is 2. The van der Waals surface area contributed by atoms with Crippen LogP contribution in [0.3, 0.4) is 0 Å². The van der Waals surface area contributed by atoms with Crippen molar-refractivity contribution < 1.29 is 9.53 Å². The van der Waals surface area contributed by atoms with Crippen molar-refractivity contribution in [2.24, 2.45) is 0 Å². The van der Waals surface area contributed by atoms with Crippen LogP contribution in [0.4, 0.5) is 22.0 Å². The van der Waals surface area contributed by atoms with Crippen LogP contribution in [0.15, 0.2) is 60.8 Å². The van der Waals surface area contributed by atoms with E-state index >= 15 is 0 Å². The fraction of sp³-hybridized carbons (Fsp3) is 0.208. The first kappa shape index (κ1) is 22.3. The Morgan fingerprint density at radius 2 is 1.74 bits per heavy atom. The van der Waals surface area contributed by atoms with Crippen LogP contribution in [-0.2, 0) is 4.74 Å². The molecule has 1 heterocycles. The first-order valence-corrected chi connectivity index (χ1v) is 10.2. The Hall–Kier alpha value is -3.38. The second-order valence-electron chi connectivity index (χ2n) is 7.92. The maximum Gasteiger partial charge on any atom is 0.412 e. The van der Waals surface area contributed by atoms with Gasteiger partial charge in [0.1, 0.15) is 11.4 Å². The van der Waals surface area contributed by atoms with E-state index in [-0.39, 0.29) is 5.28 Å². The van der Waals surface area contributed by atoms with Crippen molar-refractivity contribution in [3.8, 4) is 0 Å². The second kappa shape index (κ2) is 9.62. The first-order valence-electron chi connectivity index (χ1n) is 9.80. The van der Waals surface area contributed by atoms with Gasteiger partial charge in [0.2, 0.25) is 5.28 Å². The molecule has 0 spiro atoms. The molecule has 1 N–H and O–H groups in total. The lowest BCUT2D eigenvalue weighted by Gasteiger charge is -2.19. The van der Waals surface area contributed by atoms with Crippen molar-refractivity contribution in [3.63, 3.8) is 0 Å². The zero-order chi connectivity index (χ0) is 22.4. The lowest BCUT2D eigenvalue weighted by molar-refractivity contribution is 0.0636. The highest BCUT2D eigenvalue weighted by atomic mass is 35.5. The van der Waals surface area contributed by atoms with Crippen molar-refractivity contribution in [3.05, 3.63) is 77.2 Å². The Labute approximate surface area is 187 Å². The minimum atomic E-state index is -0.545. The quantitative estimate of drug-likeness (QED) is 0.369. The summed E-state index contributed by atoms with van der Waals surface area (Å²) >= 11 is 5.91. The highest BCUT2D eigenvalue weighted by Gasteiger charge is 2.16. The molecule has 31 heavy (non-hydrogen) atoms. The number of halogens is 1. The van der Waals surface area contributed by atoms with Gasteiger partial charge in [-0.05, 0) is 73.8 Å². The number of rotatable bonds is 5. The SMILES string of the molecule is CN(c1cccc(C=Cc2cccc(NC(=O)OC(C)(C)C)c2)c1)c1ccnc(Cl)n1. The average Bonchev–Trinajstić information content (AvgIpc) is 2.71. The van der Waals surface area contributed by atoms with Gasteiger partial charge >= 0.3 is 6.09 Å². The van der Waals surface area contributed by atoms with E-state index in [9.17, 15) is 4.79 Å². The van der Waals surface area contributed by atoms with Crippen molar-refractivity contribution in [1.82, 2.24) is 9.97 Å². The van der Waals surface area contributed by atoms with Gasteiger partial charge in [0.25, 0.3) is 0 Å². The summed E-state index contributed by atoms with van der Waals surface area (Å²) in [6.07, 6.45) is 5.15. The summed E-state index contributed by atoms with van der Waals surface area (Å²) in [7, 11) is 1.92. The zero-order valence-corrected chi connectivity index (χ0v) is 18.7. The molecule has 0 atom stereocenters. The number of hydrogen-bond donors (Lipinski definition) is 1. The fourth-order valence-electron chi connectivity index (χ4n) is 2.82. The standard InChI is InChI=1S/C24H25ClN4O2/c1-24(2,3)31-23(30)27-19-9-5-7-17(15-19)11-12-18-8-6-10-20(16-18)29(4)21-13-14-26-22(25)28-21/h5-16H,1-4H3,(H,27,30).